The van der Waals surface area contributed by atoms with Crippen LogP contribution in [0.1, 0.15) is 40.1 Å². The third kappa shape index (κ3) is 2.19. The quantitative estimate of drug-likeness (QED) is 0.926. The molecule has 0 radical (unpaired) electrons. The predicted molar refractivity (Wildman–Crippen MR) is 81.1 cm³/mol. The molecule has 110 valence electrons. The van der Waals surface area contributed by atoms with E-state index >= 15 is 0 Å². The minimum atomic E-state index is -1.18. The highest BCUT2D eigenvalue weighted by Crippen LogP contribution is 2.39. The zero-order chi connectivity index (χ0) is 15.3. The molecule has 3 heterocycles. The van der Waals surface area contributed by atoms with Crippen LogP contribution in [-0.4, -0.2) is 20.6 Å². The van der Waals surface area contributed by atoms with Crippen molar-refractivity contribution in [2.75, 3.05) is 0 Å². The molecule has 2 aromatic rings. The Morgan fingerprint density at radius 3 is 2.86 bits per heavy atom. The van der Waals surface area contributed by atoms with Crippen molar-refractivity contribution in [1.29, 1.82) is 0 Å². The van der Waals surface area contributed by atoms with E-state index in [9.17, 15) is 9.59 Å². The van der Waals surface area contributed by atoms with E-state index in [4.69, 9.17) is 5.11 Å². The molecule has 1 atom stereocenters. The number of aromatic carboxylic acids is 1. The van der Waals surface area contributed by atoms with Crippen molar-refractivity contribution in [2.24, 2.45) is 5.92 Å². The summed E-state index contributed by atoms with van der Waals surface area (Å²) in [5.41, 5.74) is 0.910. The lowest BCUT2D eigenvalue weighted by molar-refractivity contribution is 0.0694. The SMILES string of the molecule is Cc1nc2c(s1)CC(C(C)C)n1cc(C(=O)O)c(=O)cc1-2. The molecule has 0 aliphatic carbocycles. The zero-order valence-electron chi connectivity index (χ0n) is 12.1. The highest BCUT2D eigenvalue weighted by molar-refractivity contribution is 7.12. The summed E-state index contributed by atoms with van der Waals surface area (Å²) in [6, 6.07) is 1.56. The minimum Gasteiger partial charge on any atom is -0.477 e. The second-order valence-electron chi connectivity index (χ2n) is 5.67. The van der Waals surface area contributed by atoms with Gasteiger partial charge in [0.2, 0.25) is 0 Å². The van der Waals surface area contributed by atoms with Gasteiger partial charge < -0.3 is 9.67 Å². The lowest BCUT2D eigenvalue weighted by atomic mass is 9.94. The first-order valence-electron chi connectivity index (χ1n) is 6.84. The maximum Gasteiger partial charge on any atom is 0.341 e. The van der Waals surface area contributed by atoms with E-state index in [2.05, 4.69) is 18.8 Å². The molecule has 1 aliphatic heterocycles. The summed E-state index contributed by atoms with van der Waals surface area (Å²) >= 11 is 1.65. The van der Waals surface area contributed by atoms with Gasteiger partial charge in [0.05, 0.1) is 10.7 Å². The van der Waals surface area contributed by atoms with Gasteiger partial charge >= 0.3 is 5.97 Å². The molecule has 1 unspecified atom stereocenters. The van der Waals surface area contributed by atoms with Crippen LogP contribution in [0.3, 0.4) is 0 Å². The molecule has 3 rings (SSSR count). The highest BCUT2D eigenvalue weighted by Gasteiger charge is 2.30. The number of rotatable bonds is 2. The van der Waals surface area contributed by atoms with Gasteiger partial charge in [0.25, 0.3) is 0 Å². The standard InChI is InChI=1S/C15H16N2O3S/c1-7(2)10-5-13-14(16-8(3)21-13)11-4-12(18)9(15(19)20)6-17(10)11/h4,6-7,10H,5H2,1-3H3,(H,19,20). The smallest absolute Gasteiger partial charge is 0.341 e. The zero-order valence-corrected chi connectivity index (χ0v) is 12.9. The average molecular weight is 304 g/mol. The van der Waals surface area contributed by atoms with Crippen molar-refractivity contribution in [3.63, 3.8) is 0 Å². The van der Waals surface area contributed by atoms with Crippen molar-refractivity contribution in [1.82, 2.24) is 9.55 Å². The van der Waals surface area contributed by atoms with Crippen LogP contribution < -0.4 is 5.43 Å². The third-order valence-corrected chi connectivity index (χ3v) is 4.87. The average Bonchev–Trinajstić information content (AvgIpc) is 2.77. The molecule has 6 heteroatoms. The van der Waals surface area contributed by atoms with Crippen molar-refractivity contribution in [2.45, 2.75) is 33.2 Å². The topological polar surface area (TPSA) is 72.2 Å². The van der Waals surface area contributed by atoms with Gasteiger partial charge in [0.15, 0.2) is 5.43 Å². The first kappa shape index (κ1) is 14.0. The van der Waals surface area contributed by atoms with Gasteiger partial charge in [0, 0.05) is 29.6 Å². The molecule has 5 nitrogen and oxygen atoms in total. The lowest BCUT2D eigenvalue weighted by Crippen LogP contribution is -2.27. The van der Waals surface area contributed by atoms with Crippen LogP contribution >= 0.6 is 11.3 Å². The van der Waals surface area contributed by atoms with Crippen LogP contribution in [0.15, 0.2) is 17.1 Å². The number of hydrogen-bond acceptors (Lipinski definition) is 4. The molecule has 21 heavy (non-hydrogen) atoms. The number of thiazole rings is 1. The fourth-order valence-corrected chi connectivity index (χ4v) is 3.82. The van der Waals surface area contributed by atoms with Gasteiger partial charge in [-0.05, 0) is 12.8 Å². The highest BCUT2D eigenvalue weighted by atomic mass is 32.1. The first-order chi connectivity index (χ1) is 9.88. The van der Waals surface area contributed by atoms with Crippen LogP contribution in [0.5, 0.6) is 0 Å². The van der Waals surface area contributed by atoms with Gasteiger partial charge in [0.1, 0.15) is 11.3 Å². The fourth-order valence-electron chi connectivity index (χ4n) is 2.83. The van der Waals surface area contributed by atoms with Crippen molar-refractivity contribution < 1.29 is 9.90 Å². The Balaban J connectivity index is 2.30. The number of carbonyl (C=O) groups is 1. The van der Waals surface area contributed by atoms with Crippen LogP contribution in [0.25, 0.3) is 11.4 Å². The maximum atomic E-state index is 12.0. The fraction of sp³-hybridized carbons (Fsp3) is 0.400. The second kappa shape index (κ2) is 4.80. The third-order valence-electron chi connectivity index (χ3n) is 3.88. The number of fused-ring (bicyclic) bond motifs is 3. The summed E-state index contributed by atoms with van der Waals surface area (Å²) in [5.74, 6) is -0.846. The van der Waals surface area contributed by atoms with Crippen molar-refractivity contribution >= 4 is 17.3 Å². The Morgan fingerprint density at radius 2 is 2.24 bits per heavy atom. The van der Waals surface area contributed by atoms with E-state index in [1.807, 2.05) is 11.5 Å². The number of aromatic nitrogens is 2. The number of carboxylic acid groups (broad SMARTS) is 1. The second-order valence-corrected chi connectivity index (χ2v) is 6.96. The van der Waals surface area contributed by atoms with E-state index in [0.717, 1.165) is 22.8 Å². The van der Waals surface area contributed by atoms with Crippen LogP contribution in [0.2, 0.25) is 0 Å². The summed E-state index contributed by atoms with van der Waals surface area (Å²) < 4.78 is 1.91. The number of nitrogens with zero attached hydrogens (tertiary/aromatic N) is 2. The molecule has 2 aromatic heterocycles. The summed E-state index contributed by atoms with van der Waals surface area (Å²) in [6.45, 7) is 6.15. The first-order valence-corrected chi connectivity index (χ1v) is 7.66. The number of pyridine rings is 1. The molecule has 0 aromatic carbocycles. The van der Waals surface area contributed by atoms with Gasteiger partial charge in [-0.3, -0.25) is 4.79 Å². The van der Waals surface area contributed by atoms with Crippen molar-refractivity contribution in [3.05, 3.63) is 37.9 Å². The Kier molecular flexibility index (Phi) is 3.20. The predicted octanol–water partition coefficient (Wildman–Crippen LogP) is 2.73. The number of carboxylic acids is 1. The van der Waals surface area contributed by atoms with Crippen LogP contribution in [0, 0.1) is 12.8 Å². The molecule has 0 saturated heterocycles. The largest absolute Gasteiger partial charge is 0.477 e. The normalized spacial score (nSPS) is 16.7. The van der Waals surface area contributed by atoms with Crippen LogP contribution in [0.4, 0.5) is 0 Å². The molecule has 0 spiro atoms. The van der Waals surface area contributed by atoms with E-state index < -0.39 is 11.4 Å². The monoisotopic (exact) mass is 304 g/mol. The molecule has 0 fully saturated rings. The molecular formula is C15H16N2O3S. The Labute approximate surface area is 125 Å². The van der Waals surface area contributed by atoms with E-state index in [1.54, 1.807) is 11.3 Å². The summed E-state index contributed by atoms with van der Waals surface area (Å²) in [4.78, 5) is 28.9. The van der Waals surface area contributed by atoms with Gasteiger partial charge in [-0.25, -0.2) is 9.78 Å². The Morgan fingerprint density at radius 1 is 1.52 bits per heavy atom. The molecule has 1 aliphatic rings. The molecular weight excluding hydrogens is 288 g/mol. The van der Waals surface area contributed by atoms with Gasteiger partial charge in [-0.1, -0.05) is 13.8 Å². The van der Waals surface area contributed by atoms with Gasteiger partial charge in [-0.2, -0.15) is 0 Å². The van der Waals surface area contributed by atoms with E-state index in [-0.39, 0.29) is 11.6 Å². The Hall–Kier alpha value is -1.95. The van der Waals surface area contributed by atoms with Crippen LogP contribution in [-0.2, 0) is 6.42 Å². The Bertz CT molecular complexity index is 789. The van der Waals surface area contributed by atoms with E-state index in [1.165, 1.54) is 17.1 Å². The summed E-state index contributed by atoms with van der Waals surface area (Å²) in [5, 5.41) is 10.1. The molecule has 0 bridgehead atoms. The van der Waals surface area contributed by atoms with Gasteiger partial charge in [-0.15, -0.1) is 11.3 Å². The minimum absolute atomic E-state index is 0.144. The number of hydrogen-bond donors (Lipinski definition) is 1. The molecule has 0 saturated carbocycles. The molecule has 0 amide bonds. The molecule has 1 N–H and O–H groups in total. The summed E-state index contributed by atoms with van der Waals surface area (Å²) in [7, 11) is 0. The summed E-state index contributed by atoms with van der Waals surface area (Å²) in [6.07, 6.45) is 2.30. The maximum absolute atomic E-state index is 12.0. The van der Waals surface area contributed by atoms with E-state index in [0.29, 0.717) is 5.92 Å². The number of aryl methyl sites for hydroxylation is 1. The lowest BCUT2D eigenvalue weighted by Gasteiger charge is -2.30. The van der Waals surface area contributed by atoms with Crippen molar-refractivity contribution in [3.8, 4) is 11.4 Å².